The molecule has 0 aromatic heterocycles. The van der Waals surface area contributed by atoms with E-state index in [1.165, 1.54) is 11.8 Å². The fourth-order valence-corrected chi connectivity index (χ4v) is 7.13. The molecule has 0 heterocycles. The van der Waals surface area contributed by atoms with Gasteiger partial charge in [-0.15, -0.1) is 0 Å². The highest BCUT2D eigenvalue weighted by atomic mass is 32.2. The second kappa shape index (κ2) is 11.9. The predicted octanol–water partition coefficient (Wildman–Crippen LogP) is 1.70. The third-order valence-electron chi connectivity index (χ3n) is 2.44. The lowest BCUT2D eigenvalue weighted by atomic mass is 10.6. The van der Waals surface area contributed by atoms with Crippen molar-refractivity contribution in [1.29, 1.82) is 5.26 Å². The van der Waals surface area contributed by atoms with Crippen LogP contribution >= 0.6 is 11.8 Å². The maximum absolute atomic E-state index is 8.80. The lowest BCUT2D eigenvalue weighted by molar-refractivity contribution is 0.0710. The van der Waals surface area contributed by atoms with Gasteiger partial charge in [0.1, 0.15) is 5.40 Å². The molecule has 0 aliphatic heterocycles. The predicted molar refractivity (Wildman–Crippen MR) is 82.6 cm³/mol. The summed E-state index contributed by atoms with van der Waals surface area (Å²) in [6.07, 6.45) is 0.852. The van der Waals surface area contributed by atoms with Crippen LogP contribution in [-0.2, 0) is 17.7 Å². The molecule has 0 fully saturated rings. The van der Waals surface area contributed by atoms with Crippen molar-refractivity contribution < 1.29 is 17.7 Å². The van der Waals surface area contributed by atoms with Gasteiger partial charge < -0.3 is 17.7 Å². The Labute approximate surface area is 124 Å². The van der Waals surface area contributed by atoms with Gasteiger partial charge in [-0.3, -0.25) is 0 Å². The molecular formula is C11H25NO4SSi2. The molecule has 112 valence electrons. The van der Waals surface area contributed by atoms with Crippen molar-refractivity contribution >= 4 is 30.3 Å². The van der Waals surface area contributed by atoms with E-state index in [0.717, 1.165) is 12.5 Å². The first-order valence-electron chi connectivity index (χ1n) is 6.63. The van der Waals surface area contributed by atoms with Gasteiger partial charge in [-0.05, 0) is 39.0 Å². The van der Waals surface area contributed by atoms with Crippen LogP contribution in [0.5, 0.6) is 0 Å². The first-order valence-corrected chi connectivity index (χ1v) is 10.8. The molecule has 1 atom stereocenters. The van der Waals surface area contributed by atoms with E-state index in [2.05, 4.69) is 5.40 Å². The molecule has 0 radical (unpaired) electrons. The summed E-state index contributed by atoms with van der Waals surface area (Å²) in [6.45, 7) is 7.61. The quantitative estimate of drug-likeness (QED) is 0.402. The number of nitrogens with zero attached hydrogens (tertiary/aromatic N) is 1. The van der Waals surface area contributed by atoms with Crippen molar-refractivity contribution in [2.24, 2.45) is 0 Å². The molecule has 5 nitrogen and oxygen atoms in total. The van der Waals surface area contributed by atoms with Gasteiger partial charge in [0.15, 0.2) is 9.76 Å². The van der Waals surface area contributed by atoms with E-state index in [-0.39, 0.29) is 4.87 Å². The van der Waals surface area contributed by atoms with Crippen molar-refractivity contribution in [3.8, 4) is 5.40 Å². The second-order valence-electron chi connectivity index (χ2n) is 3.81. The van der Waals surface area contributed by atoms with Crippen molar-refractivity contribution in [3.05, 3.63) is 0 Å². The fraction of sp³-hybridized carbons (Fsp3) is 0.909. The topological polar surface area (TPSA) is 60.7 Å². The largest absolute Gasteiger partial charge is 0.500 e. The zero-order chi connectivity index (χ0) is 14.6. The van der Waals surface area contributed by atoms with Gasteiger partial charge in [0.05, 0.1) is 0 Å². The van der Waals surface area contributed by atoms with Crippen LogP contribution in [0.15, 0.2) is 0 Å². The van der Waals surface area contributed by atoms with Crippen molar-refractivity contribution in [2.45, 2.75) is 38.1 Å². The molecule has 0 aliphatic rings. The van der Waals surface area contributed by atoms with Gasteiger partial charge in [0.2, 0.25) is 0 Å². The van der Waals surface area contributed by atoms with Gasteiger partial charge in [-0.25, -0.2) is 0 Å². The van der Waals surface area contributed by atoms with Crippen LogP contribution in [0.3, 0.4) is 0 Å². The average Bonchev–Trinajstić information content (AvgIpc) is 2.37. The SMILES string of the molecule is CCO[Si](CCC([SiH2]OC)SC#N)(OCC)OCC. The molecule has 8 heteroatoms. The highest BCUT2D eigenvalue weighted by Gasteiger charge is 2.40. The lowest BCUT2D eigenvalue weighted by Crippen LogP contribution is -2.46. The van der Waals surface area contributed by atoms with Gasteiger partial charge in [-0.1, -0.05) is 0 Å². The Morgan fingerprint density at radius 3 is 2.05 bits per heavy atom. The van der Waals surface area contributed by atoms with Crippen LogP contribution in [0.2, 0.25) is 6.04 Å². The third kappa shape index (κ3) is 8.09. The van der Waals surface area contributed by atoms with E-state index in [1.807, 2.05) is 20.8 Å². The van der Waals surface area contributed by atoms with Crippen LogP contribution < -0.4 is 0 Å². The summed E-state index contributed by atoms with van der Waals surface area (Å²) >= 11 is 1.29. The average molecular weight is 324 g/mol. The van der Waals surface area contributed by atoms with Crippen molar-refractivity contribution in [3.63, 3.8) is 0 Å². The van der Waals surface area contributed by atoms with Crippen molar-refractivity contribution in [2.75, 3.05) is 26.9 Å². The molecule has 0 N–H and O–H groups in total. The van der Waals surface area contributed by atoms with Crippen LogP contribution in [0.4, 0.5) is 0 Å². The molecule has 1 unspecified atom stereocenters. The molecule has 19 heavy (non-hydrogen) atoms. The minimum atomic E-state index is -2.57. The zero-order valence-corrected chi connectivity index (χ0v) is 15.5. The third-order valence-corrected chi connectivity index (χ3v) is 8.22. The highest BCUT2D eigenvalue weighted by molar-refractivity contribution is 8.05. The molecule has 0 saturated carbocycles. The normalized spacial score (nSPS) is 13.8. The molecular weight excluding hydrogens is 298 g/mol. The maximum atomic E-state index is 8.80. The Kier molecular flexibility index (Phi) is 12.0. The first kappa shape index (κ1) is 19.1. The van der Waals surface area contributed by atoms with Gasteiger partial charge in [0.25, 0.3) is 0 Å². The number of hydrogen-bond acceptors (Lipinski definition) is 6. The molecule has 0 amide bonds. The summed E-state index contributed by atoms with van der Waals surface area (Å²) < 4.78 is 22.6. The first-order chi connectivity index (χ1) is 9.17. The Hall–Kier alpha value is 0.114. The van der Waals surface area contributed by atoms with E-state index >= 15 is 0 Å². The van der Waals surface area contributed by atoms with Gasteiger partial charge in [-0.2, -0.15) is 5.26 Å². The number of thioether (sulfide) groups is 1. The summed E-state index contributed by atoms with van der Waals surface area (Å²) in [6, 6.07) is 0.748. The van der Waals surface area contributed by atoms with E-state index in [9.17, 15) is 0 Å². The monoisotopic (exact) mass is 323 g/mol. The molecule has 0 aliphatic carbocycles. The molecule has 0 spiro atoms. The number of thiocyanates is 1. The summed E-state index contributed by atoms with van der Waals surface area (Å²) in [4.78, 5) is 0.267. The summed E-state index contributed by atoms with van der Waals surface area (Å²) in [5.74, 6) is 0. The Bertz CT molecular complexity index is 249. The number of rotatable bonds is 12. The Balaban J connectivity index is 4.54. The summed E-state index contributed by atoms with van der Waals surface area (Å²) in [7, 11) is -1.56. The Morgan fingerprint density at radius 1 is 1.16 bits per heavy atom. The molecule has 0 aromatic carbocycles. The molecule has 0 aromatic rings. The zero-order valence-electron chi connectivity index (χ0n) is 12.3. The molecule has 0 rings (SSSR count). The molecule has 0 saturated heterocycles. The van der Waals surface area contributed by atoms with Gasteiger partial charge >= 0.3 is 8.80 Å². The summed E-state index contributed by atoms with van der Waals surface area (Å²) in [5, 5.41) is 10.9. The Morgan fingerprint density at radius 2 is 1.68 bits per heavy atom. The second-order valence-corrected chi connectivity index (χ2v) is 10.1. The van der Waals surface area contributed by atoms with Crippen LogP contribution in [0.25, 0.3) is 0 Å². The van der Waals surface area contributed by atoms with Crippen molar-refractivity contribution in [1.82, 2.24) is 0 Å². The molecule has 0 bridgehead atoms. The number of hydrogen-bond donors (Lipinski definition) is 0. The smallest absolute Gasteiger partial charge is 0.426 e. The van der Waals surface area contributed by atoms with E-state index in [0.29, 0.717) is 19.8 Å². The van der Waals surface area contributed by atoms with Crippen LogP contribution in [0.1, 0.15) is 27.2 Å². The standard InChI is InChI=1S/C11H25NO4SSi2/c1-5-14-19(15-6-2,16-7-3)9-8-11(17-10-12)18-13-4/h11H,5-9,18H2,1-4H3. The van der Waals surface area contributed by atoms with Crippen LogP contribution in [-0.4, -0.2) is 50.4 Å². The lowest BCUT2D eigenvalue weighted by Gasteiger charge is -2.29. The van der Waals surface area contributed by atoms with Gasteiger partial charge in [0, 0.05) is 37.8 Å². The maximum Gasteiger partial charge on any atom is 0.500 e. The van der Waals surface area contributed by atoms with E-state index in [4.69, 9.17) is 23.0 Å². The van der Waals surface area contributed by atoms with E-state index < -0.39 is 18.6 Å². The summed E-state index contributed by atoms with van der Waals surface area (Å²) in [5.41, 5.74) is 0. The minimum Gasteiger partial charge on any atom is -0.426 e. The fourth-order valence-electron chi connectivity index (χ4n) is 1.78. The highest BCUT2D eigenvalue weighted by Crippen LogP contribution is 2.23. The van der Waals surface area contributed by atoms with E-state index in [1.54, 1.807) is 7.11 Å². The minimum absolute atomic E-state index is 0.267. The number of nitriles is 1. The van der Waals surface area contributed by atoms with Crippen LogP contribution in [0, 0.1) is 10.7 Å².